The quantitative estimate of drug-likeness (QED) is 0.100. The van der Waals surface area contributed by atoms with Crippen LogP contribution in [0.1, 0.15) is 50.7 Å². The predicted octanol–water partition coefficient (Wildman–Crippen LogP) is 6.14. The SMILES string of the molecule is C=CCC(CC=C)(CCOC[C@H](C)OS(=O)(=O)c1ccc(C)cc1)CCOC[C@H](C)OS(=O)(=O)c1ccc(C)cc1. The molecule has 0 amide bonds. The van der Waals surface area contributed by atoms with Gasteiger partial charge in [0.05, 0.1) is 35.2 Å². The van der Waals surface area contributed by atoms with Gasteiger partial charge in [0.2, 0.25) is 0 Å². The van der Waals surface area contributed by atoms with E-state index >= 15 is 0 Å². The first-order valence-electron chi connectivity index (χ1n) is 13.7. The molecule has 0 N–H and O–H groups in total. The first-order chi connectivity index (χ1) is 19.3. The fourth-order valence-corrected chi connectivity index (χ4v) is 6.45. The van der Waals surface area contributed by atoms with Crippen LogP contribution in [-0.4, -0.2) is 55.5 Å². The summed E-state index contributed by atoms with van der Waals surface area (Å²) in [5.41, 5.74) is 1.70. The van der Waals surface area contributed by atoms with Crippen LogP contribution in [0, 0.1) is 19.3 Å². The minimum absolute atomic E-state index is 0.110. The molecule has 0 radical (unpaired) electrons. The molecule has 0 unspecified atom stereocenters. The Morgan fingerprint density at radius 3 is 1.34 bits per heavy atom. The average molecular weight is 609 g/mol. The Kier molecular flexibility index (Phi) is 13.9. The fourth-order valence-electron chi connectivity index (χ4n) is 4.31. The summed E-state index contributed by atoms with van der Waals surface area (Å²) < 4.78 is 72.3. The van der Waals surface area contributed by atoms with Gasteiger partial charge in [-0.3, -0.25) is 8.37 Å². The van der Waals surface area contributed by atoms with E-state index in [0.717, 1.165) is 11.1 Å². The van der Waals surface area contributed by atoms with Crippen molar-refractivity contribution in [2.75, 3.05) is 26.4 Å². The summed E-state index contributed by atoms with van der Waals surface area (Å²) in [4.78, 5) is 0.219. The van der Waals surface area contributed by atoms with Crippen LogP contribution in [-0.2, 0) is 38.1 Å². The van der Waals surface area contributed by atoms with Crippen LogP contribution in [0.3, 0.4) is 0 Å². The third-order valence-corrected chi connectivity index (χ3v) is 9.48. The molecule has 2 aromatic rings. The Morgan fingerprint density at radius 1 is 0.683 bits per heavy atom. The van der Waals surface area contributed by atoms with E-state index in [4.69, 9.17) is 17.8 Å². The third kappa shape index (κ3) is 11.8. The monoisotopic (exact) mass is 608 g/mol. The van der Waals surface area contributed by atoms with E-state index in [-0.39, 0.29) is 28.4 Å². The minimum Gasteiger partial charge on any atom is -0.379 e. The Bertz CT molecular complexity index is 1200. The summed E-state index contributed by atoms with van der Waals surface area (Å²) in [7, 11) is -7.76. The van der Waals surface area contributed by atoms with Crippen LogP contribution in [0.25, 0.3) is 0 Å². The second-order valence-electron chi connectivity index (χ2n) is 10.5. The van der Waals surface area contributed by atoms with Crippen molar-refractivity contribution in [3.63, 3.8) is 0 Å². The van der Waals surface area contributed by atoms with E-state index in [2.05, 4.69) is 13.2 Å². The van der Waals surface area contributed by atoms with Crippen molar-refractivity contribution in [1.29, 1.82) is 0 Å². The number of hydrogen-bond donors (Lipinski definition) is 0. The average Bonchev–Trinajstić information content (AvgIpc) is 2.89. The lowest BCUT2D eigenvalue weighted by Crippen LogP contribution is -2.27. The summed E-state index contributed by atoms with van der Waals surface area (Å²) >= 11 is 0. The van der Waals surface area contributed by atoms with Gasteiger partial charge < -0.3 is 9.47 Å². The van der Waals surface area contributed by atoms with Crippen LogP contribution in [0.4, 0.5) is 0 Å². The Labute approximate surface area is 246 Å². The molecule has 41 heavy (non-hydrogen) atoms. The molecule has 228 valence electrons. The van der Waals surface area contributed by atoms with E-state index < -0.39 is 32.4 Å². The standard InChI is InChI=1S/C31H44O8S2/c1-7-17-31(18-8-2,19-21-36-23-27(5)38-40(32,33)29-13-9-25(3)10-14-29)20-22-37-24-28(6)39-41(34,35)30-15-11-26(4)12-16-30/h7-16,27-28H,1-2,17-24H2,3-6H3/t27-,28-/m0/s1. The molecule has 2 aromatic carbocycles. The third-order valence-electron chi connectivity index (χ3n) is 6.61. The smallest absolute Gasteiger partial charge is 0.297 e. The van der Waals surface area contributed by atoms with E-state index in [1.807, 2.05) is 26.0 Å². The topological polar surface area (TPSA) is 105 Å². The molecule has 8 nitrogen and oxygen atoms in total. The van der Waals surface area contributed by atoms with Crippen molar-refractivity contribution in [2.24, 2.45) is 5.41 Å². The summed E-state index contributed by atoms with van der Waals surface area (Å²) in [6.45, 7) is 15.9. The van der Waals surface area contributed by atoms with Gasteiger partial charge in [0.1, 0.15) is 0 Å². The molecule has 0 fully saturated rings. The lowest BCUT2D eigenvalue weighted by molar-refractivity contribution is 0.0198. The molecule has 0 aliphatic carbocycles. The highest BCUT2D eigenvalue weighted by Crippen LogP contribution is 2.36. The molecule has 0 aromatic heterocycles. The number of rotatable bonds is 20. The largest absolute Gasteiger partial charge is 0.379 e. The normalized spacial score (nSPS) is 14.0. The van der Waals surface area contributed by atoms with Gasteiger partial charge in [-0.15, -0.1) is 13.2 Å². The Hall–Kier alpha value is -2.34. The summed E-state index contributed by atoms with van der Waals surface area (Å²) in [5, 5.41) is 0. The van der Waals surface area contributed by atoms with Crippen molar-refractivity contribution < 1.29 is 34.7 Å². The van der Waals surface area contributed by atoms with E-state index in [1.54, 1.807) is 38.1 Å². The highest BCUT2D eigenvalue weighted by atomic mass is 32.2. The maximum Gasteiger partial charge on any atom is 0.297 e. The van der Waals surface area contributed by atoms with E-state index in [9.17, 15) is 16.8 Å². The maximum atomic E-state index is 12.5. The van der Waals surface area contributed by atoms with Gasteiger partial charge in [0.15, 0.2) is 0 Å². The molecule has 0 saturated heterocycles. The zero-order valence-electron chi connectivity index (χ0n) is 24.6. The highest BCUT2D eigenvalue weighted by molar-refractivity contribution is 7.87. The van der Waals surface area contributed by atoms with Gasteiger partial charge in [0.25, 0.3) is 20.2 Å². The van der Waals surface area contributed by atoms with Crippen LogP contribution in [0.5, 0.6) is 0 Å². The van der Waals surface area contributed by atoms with Gasteiger partial charge in [-0.1, -0.05) is 47.5 Å². The molecule has 2 rings (SSSR count). The van der Waals surface area contributed by atoms with E-state index in [1.165, 1.54) is 24.3 Å². The molecule has 10 heteroatoms. The highest BCUT2D eigenvalue weighted by Gasteiger charge is 2.28. The molecule has 0 aliphatic rings. The van der Waals surface area contributed by atoms with Gasteiger partial charge in [-0.25, -0.2) is 0 Å². The zero-order chi connectivity index (χ0) is 30.5. The second kappa shape index (κ2) is 16.3. The Morgan fingerprint density at radius 2 is 1.02 bits per heavy atom. The van der Waals surface area contributed by atoms with Crippen molar-refractivity contribution in [2.45, 2.75) is 75.4 Å². The van der Waals surface area contributed by atoms with Gasteiger partial charge in [-0.05, 0) is 83.1 Å². The van der Waals surface area contributed by atoms with Crippen molar-refractivity contribution in [1.82, 2.24) is 0 Å². The molecule has 0 spiro atoms. The first kappa shape index (κ1) is 34.9. The van der Waals surface area contributed by atoms with Gasteiger partial charge >= 0.3 is 0 Å². The zero-order valence-corrected chi connectivity index (χ0v) is 26.2. The van der Waals surface area contributed by atoms with Crippen molar-refractivity contribution >= 4 is 20.2 Å². The van der Waals surface area contributed by atoms with Crippen LogP contribution >= 0.6 is 0 Å². The lowest BCUT2D eigenvalue weighted by atomic mass is 9.75. The summed E-state index contributed by atoms with van der Waals surface area (Å²) in [5.74, 6) is 0. The first-order valence-corrected chi connectivity index (χ1v) is 16.5. The summed E-state index contributed by atoms with van der Waals surface area (Å²) in [6, 6.07) is 13.0. The molecule has 0 bridgehead atoms. The number of aryl methyl sites for hydroxylation is 2. The minimum atomic E-state index is -3.88. The number of hydrogen-bond acceptors (Lipinski definition) is 8. The van der Waals surface area contributed by atoms with Gasteiger partial charge in [0, 0.05) is 13.2 Å². The molecule has 0 aliphatic heterocycles. The van der Waals surface area contributed by atoms with Crippen molar-refractivity contribution in [3.8, 4) is 0 Å². The number of benzene rings is 2. The molecule has 0 saturated carbocycles. The molecule has 0 heterocycles. The van der Waals surface area contributed by atoms with Crippen LogP contribution in [0.15, 0.2) is 83.6 Å². The Balaban J connectivity index is 1.83. The molecular formula is C31H44O8S2. The second-order valence-corrected chi connectivity index (χ2v) is 13.6. The number of allylic oxidation sites excluding steroid dienone is 2. The summed E-state index contributed by atoms with van der Waals surface area (Å²) in [6.07, 6.45) is 5.12. The number of ether oxygens (including phenoxy) is 2. The lowest BCUT2D eigenvalue weighted by Gasteiger charge is -2.32. The van der Waals surface area contributed by atoms with Gasteiger partial charge in [-0.2, -0.15) is 16.8 Å². The predicted molar refractivity (Wildman–Crippen MR) is 161 cm³/mol. The molecule has 2 atom stereocenters. The van der Waals surface area contributed by atoms with E-state index in [0.29, 0.717) is 38.9 Å². The van der Waals surface area contributed by atoms with Crippen LogP contribution < -0.4 is 0 Å². The fraction of sp³-hybridized carbons (Fsp3) is 0.484. The maximum absolute atomic E-state index is 12.5. The molecular weight excluding hydrogens is 564 g/mol. The van der Waals surface area contributed by atoms with Crippen molar-refractivity contribution in [3.05, 3.63) is 85.0 Å². The van der Waals surface area contributed by atoms with Crippen LogP contribution in [0.2, 0.25) is 0 Å².